The Bertz CT molecular complexity index is 496. The molecule has 0 bridgehead atoms. The zero-order valence-corrected chi connectivity index (χ0v) is 8.91. The van der Waals surface area contributed by atoms with Crippen LogP contribution in [0.15, 0.2) is 18.2 Å². The van der Waals surface area contributed by atoms with Gasteiger partial charge in [0.2, 0.25) is 0 Å². The van der Waals surface area contributed by atoms with Crippen LogP contribution in [0.3, 0.4) is 0 Å². The largest absolute Gasteiger partial charge is 0.496 e. The van der Waals surface area contributed by atoms with Crippen molar-refractivity contribution in [1.82, 2.24) is 0 Å². The number of carbonyl (C=O) groups is 1. The SMILES string of the molecule is COc1cc(C=CC(=O)O)c(N)c([N+](=O)[O-])c1. The summed E-state index contributed by atoms with van der Waals surface area (Å²) in [4.78, 5) is 20.4. The van der Waals surface area contributed by atoms with Crippen molar-refractivity contribution in [3.05, 3.63) is 33.9 Å². The zero-order chi connectivity index (χ0) is 13.0. The van der Waals surface area contributed by atoms with Crippen LogP contribution in [0.25, 0.3) is 6.08 Å². The molecular weight excluding hydrogens is 228 g/mol. The van der Waals surface area contributed by atoms with Crippen LogP contribution in [-0.4, -0.2) is 23.1 Å². The molecule has 0 aliphatic heterocycles. The third kappa shape index (κ3) is 2.94. The third-order valence-electron chi connectivity index (χ3n) is 2.00. The standard InChI is InChI=1S/C10H10N2O5/c1-17-7-4-6(2-3-9(13)14)10(11)8(5-7)12(15)16/h2-5H,11H2,1H3,(H,13,14). The van der Waals surface area contributed by atoms with Gasteiger partial charge in [-0.2, -0.15) is 0 Å². The Labute approximate surface area is 96.3 Å². The molecule has 0 heterocycles. The number of methoxy groups -OCH3 is 1. The van der Waals surface area contributed by atoms with E-state index in [-0.39, 0.29) is 22.7 Å². The van der Waals surface area contributed by atoms with Crippen molar-refractivity contribution in [3.63, 3.8) is 0 Å². The summed E-state index contributed by atoms with van der Waals surface area (Å²) >= 11 is 0. The first-order valence-corrected chi connectivity index (χ1v) is 4.48. The maximum absolute atomic E-state index is 10.7. The topological polar surface area (TPSA) is 116 Å². The van der Waals surface area contributed by atoms with Gasteiger partial charge in [0.15, 0.2) is 0 Å². The molecule has 0 unspecified atom stereocenters. The fourth-order valence-electron chi connectivity index (χ4n) is 1.20. The normalized spacial score (nSPS) is 10.4. The molecule has 1 aromatic carbocycles. The van der Waals surface area contributed by atoms with Crippen LogP contribution >= 0.6 is 0 Å². The van der Waals surface area contributed by atoms with Crippen LogP contribution in [0, 0.1) is 10.1 Å². The molecule has 1 rings (SSSR count). The lowest BCUT2D eigenvalue weighted by Crippen LogP contribution is -1.99. The number of ether oxygens (including phenoxy) is 1. The molecule has 0 spiro atoms. The minimum atomic E-state index is -1.17. The van der Waals surface area contributed by atoms with Crippen LogP contribution in [0.4, 0.5) is 11.4 Å². The molecule has 0 saturated carbocycles. The van der Waals surface area contributed by atoms with E-state index >= 15 is 0 Å². The van der Waals surface area contributed by atoms with E-state index in [1.54, 1.807) is 0 Å². The minimum absolute atomic E-state index is 0.103. The first-order valence-electron chi connectivity index (χ1n) is 4.48. The quantitative estimate of drug-likeness (QED) is 0.353. The molecule has 7 heteroatoms. The van der Waals surface area contributed by atoms with Gasteiger partial charge in [-0.3, -0.25) is 10.1 Å². The molecule has 0 amide bonds. The molecule has 7 nitrogen and oxygen atoms in total. The summed E-state index contributed by atoms with van der Waals surface area (Å²) in [6, 6.07) is 2.59. The third-order valence-corrected chi connectivity index (χ3v) is 2.00. The van der Waals surface area contributed by atoms with Gasteiger partial charge in [-0.1, -0.05) is 0 Å². The second-order valence-electron chi connectivity index (χ2n) is 3.08. The average Bonchev–Trinajstić information content (AvgIpc) is 2.27. The number of nitro groups is 1. The molecule has 0 radical (unpaired) electrons. The summed E-state index contributed by atoms with van der Waals surface area (Å²) in [5.74, 6) is -0.939. The Morgan fingerprint density at radius 1 is 1.59 bits per heavy atom. The molecule has 17 heavy (non-hydrogen) atoms. The predicted octanol–water partition coefficient (Wildman–Crippen LogP) is 1.28. The average molecular weight is 238 g/mol. The predicted molar refractivity (Wildman–Crippen MR) is 60.7 cm³/mol. The second kappa shape index (κ2) is 4.97. The van der Waals surface area contributed by atoms with Gasteiger partial charge in [-0.25, -0.2) is 4.79 Å². The molecular formula is C10H10N2O5. The molecule has 1 aromatic rings. The van der Waals surface area contributed by atoms with Gasteiger partial charge in [-0.05, 0) is 12.1 Å². The summed E-state index contributed by atoms with van der Waals surface area (Å²) in [7, 11) is 1.35. The van der Waals surface area contributed by atoms with E-state index in [4.69, 9.17) is 15.6 Å². The number of rotatable bonds is 4. The summed E-state index contributed by atoms with van der Waals surface area (Å²) in [5.41, 5.74) is 5.35. The zero-order valence-electron chi connectivity index (χ0n) is 8.91. The van der Waals surface area contributed by atoms with Gasteiger partial charge in [-0.15, -0.1) is 0 Å². The second-order valence-corrected chi connectivity index (χ2v) is 3.08. The Hall–Kier alpha value is -2.57. The van der Waals surface area contributed by atoms with Crippen molar-refractivity contribution >= 4 is 23.4 Å². The molecule has 90 valence electrons. The van der Waals surface area contributed by atoms with Crippen molar-refractivity contribution in [3.8, 4) is 5.75 Å². The van der Waals surface area contributed by atoms with Gasteiger partial charge in [0.25, 0.3) is 5.69 Å². The van der Waals surface area contributed by atoms with Crippen molar-refractivity contribution in [1.29, 1.82) is 0 Å². The Morgan fingerprint density at radius 3 is 2.71 bits per heavy atom. The minimum Gasteiger partial charge on any atom is -0.496 e. The van der Waals surface area contributed by atoms with Crippen molar-refractivity contribution in [2.24, 2.45) is 0 Å². The van der Waals surface area contributed by atoms with Gasteiger partial charge in [0, 0.05) is 11.6 Å². The number of hydrogen-bond acceptors (Lipinski definition) is 5. The number of benzene rings is 1. The Morgan fingerprint density at radius 2 is 2.24 bits per heavy atom. The van der Waals surface area contributed by atoms with Crippen LogP contribution in [0.5, 0.6) is 5.75 Å². The lowest BCUT2D eigenvalue weighted by Gasteiger charge is -2.05. The van der Waals surface area contributed by atoms with E-state index in [0.29, 0.717) is 0 Å². The molecule has 0 aliphatic rings. The maximum Gasteiger partial charge on any atom is 0.328 e. The van der Waals surface area contributed by atoms with Crippen LogP contribution in [-0.2, 0) is 4.79 Å². The van der Waals surface area contributed by atoms with Crippen LogP contribution in [0.2, 0.25) is 0 Å². The monoisotopic (exact) mass is 238 g/mol. The van der Waals surface area contributed by atoms with Crippen molar-refractivity contribution < 1.29 is 19.6 Å². The van der Waals surface area contributed by atoms with E-state index in [0.717, 1.165) is 6.08 Å². The highest BCUT2D eigenvalue weighted by molar-refractivity contribution is 5.88. The fraction of sp³-hybridized carbons (Fsp3) is 0.100. The van der Waals surface area contributed by atoms with E-state index in [2.05, 4.69) is 0 Å². The number of nitrogen functional groups attached to an aromatic ring is 1. The number of aliphatic carboxylic acids is 1. The van der Waals surface area contributed by atoms with Gasteiger partial charge in [0.1, 0.15) is 11.4 Å². The van der Waals surface area contributed by atoms with E-state index < -0.39 is 10.9 Å². The molecule has 3 N–H and O–H groups in total. The van der Waals surface area contributed by atoms with Gasteiger partial charge in [0.05, 0.1) is 18.1 Å². The number of anilines is 1. The van der Waals surface area contributed by atoms with E-state index in [1.807, 2.05) is 0 Å². The van der Waals surface area contributed by atoms with Crippen molar-refractivity contribution in [2.75, 3.05) is 12.8 Å². The van der Waals surface area contributed by atoms with Crippen LogP contribution in [0.1, 0.15) is 5.56 Å². The smallest absolute Gasteiger partial charge is 0.328 e. The number of carboxylic acid groups (broad SMARTS) is 1. The van der Waals surface area contributed by atoms with E-state index in [9.17, 15) is 14.9 Å². The number of nitrogens with two attached hydrogens (primary N) is 1. The van der Waals surface area contributed by atoms with Crippen LogP contribution < -0.4 is 10.5 Å². The highest BCUT2D eigenvalue weighted by Crippen LogP contribution is 2.31. The van der Waals surface area contributed by atoms with Crippen molar-refractivity contribution in [2.45, 2.75) is 0 Å². The summed E-state index contributed by atoms with van der Waals surface area (Å²) in [6.45, 7) is 0. The summed E-state index contributed by atoms with van der Waals surface area (Å²) in [5, 5.41) is 19.2. The first-order chi connectivity index (χ1) is 7.95. The number of nitro benzene ring substituents is 1. The van der Waals surface area contributed by atoms with Gasteiger partial charge >= 0.3 is 5.97 Å². The number of hydrogen-bond donors (Lipinski definition) is 2. The number of carboxylic acids is 1. The van der Waals surface area contributed by atoms with Gasteiger partial charge < -0.3 is 15.6 Å². The molecule has 0 atom stereocenters. The molecule has 0 saturated heterocycles. The fourth-order valence-corrected chi connectivity index (χ4v) is 1.20. The summed E-state index contributed by atoms with van der Waals surface area (Å²) < 4.78 is 4.87. The maximum atomic E-state index is 10.7. The molecule has 0 aliphatic carbocycles. The number of nitrogens with zero attached hydrogens (tertiary/aromatic N) is 1. The highest BCUT2D eigenvalue weighted by atomic mass is 16.6. The highest BCUT2D eigenvalue weighted by Gasteiger charge is 2.16. The lowest BCUT2D eigenvalue weighted by molar-refractivity contribution is -0.384. The first kappa shape index (κ1) is 12.5. The summed E-state index contributed by atoms with van der Waals surface area (Å²) in [6.07, 6.45) is 2.02. The molecule has 0 aromatic heterocycles. The lowest BCUT2D eigenvalue weighted by atomic mass is 10.1. The van der Waals surface area contributed by atoms with E-state index in [1.165, 1.54) is 25.3 Å². The Balaban J connectivity index is 3.33. The Kier molecular flexibility index (Phi) is 3.66. The molecule has 0 fully saturated rings.